The number of hydrogen-bond acceptors (Lipinski definition) is 4. The quantitative estimate of drug-likeness (QED) is 0.379. The number of piperidine rings is 1. The van der Waals surface area contributed by atoms with E-state index in [2.05, 4.69) is 34.6 Å². The van der Waals surface area contributed by atoms with Gasteiger partial charge in [0.15, 0.2) is 0 Å². The zero-order chi connectivity index (χ0) is 24.9. The van der Waals surface area contributed by atoms with E-state index in [1.54, 1.807) is 30.5 Å². The molecule has 1 fully saturated rings. The molecule has 1 aromatic heterocycles. The van der Waals surface area contributed by atoms with E-state index in [0.717, 1.165) is 55.3 Å². The van der Waals surface area contributed by atoms with Gasteiger partial charge in [-0.05, 0) is 60.9 Å². The molecule has 1 saturated heterocycles. The van der Waals surface area contributed by atoms with Crippen molar-refractivity contribution in [3.63, 3.8) is 0 Å². The first-order valence-electron chi connectivity index (χ1n) is 12.3. The van der Waals surface area contributed by atoms with Crippen LogP contribution in [0.3, 0.4) is 0 Å². The number of benzene rings is 3. The Bertz CT molecular complexity index is 1330. The zero-order valence-electron chi connectivity index (χ0n) is 20.0. The molecular weight excluding hydrogens is 452 g/mol. The molecule has 3 aromatic carbocycles. The van der Waals surface area contributed by atoms with Crippen molar-refractivity contribution in [2.75, 3.05) is 6.54 Å². The van der Waals surface area contributed by atoms with E-state index in [0.29, 0.717) is 5.69 Å². The SMILES string of the molecule is O=C(O)c1ccc(-c2ccc(-c3cn(C(=O)N4CCCCC4CCc4ccccc4)nn3)cc2)cc1. The van der Waals surface area contributed by atoms with Crippen LogP contribution in [0.2, 0.25) is 0 Å². The number of likely N-dealkylation sites (tertiary alicyclic amines) is 1. The lowest BCUT2D eigenvalue weighted by molar-refractivity contribution is 0.0697. The highest BCUT2D eigenvalue weighted by Gasteiger charge is 2.28. The third-order valence-corrected chi connectivity index (χ3v) is 6.82. The molecule has 7 heteroatoms. The minimum atomic E-state index is -0.943. The monoisotopic (exact) mass is 480 g/mol. The highest BCUT2D eigenvalue weighted by atomic mass is 16.4. The third kappa shape index (κ3) is 5.20. The van der Waals surface area contributed by atoms with Gasteiger partial charge in [0, 0.05) is 18.2 Å². The molecule has 0 aliphatic carbocycles. The summed E-state index contributed by atoms with van der Waals surface area (Å²) in [6, 6.07) is 25.0. The molecule has 5 rings (SSSR count). The second kappa shape index (κ2) is 10.6. The Morgan fingerprint density at radius 2 is 1.53 bits per heavy atom. The second-order valence-corrected chi connectivity index (χ2v) is 9.16. The highest BCUT2D eigenvalue weighted by Crippen LogP contribution is 2.25. The molecule has 0 spiro atoms. The summed E-state index contributed by atoms with van der Waals surface area (Å²) in [5, 5.41) is 17.5. The van der Waals surface area contributed by atoms with Crippen molar-refractivity contribution < 1.29 is 14.7 Å². The lowest BCUT2D eigenvalue weighted by Crippen LogP contribution is -2.46. The van der Waals surface area contributed by atoms with Gasteiger partial charge < -0.3 is 10.0 Å². The standard InChI is InChI=1S/C29H28N4O3/c34-28(35)25-16-12-23(13-17-25)22-10-14-24(15-11-22)27-20-33(31-30-27)29(36)32-19-5-4-8-26(32)18-9-21-6-2-1-3-7-21/h1-3,6-7,10-17,20,26H,4-5,8-9,18-19H2,(H,34,35). The van der Waals surface area contributed by atoms with Crippen LogP contribution in [0.1, 0.15) is 41.6 Å². The van der Waals surface area contributed by atoms with E-state index >= 15 is 0 Å². The van der Waals surface area contributed by atoms with Gasteiger partial charge in [-0.2, -0.15) is 4.68 Å². The highest BCUT2D eigenvalue weighted by molar-refractivity contribution is 5.88. The van der Waals surface area contributed by atoms with Gasteiger partial charge in [0.05, 0.1) is 11.8 Å². The number of carbonyl (C=O) groups is 2. The molecule has 0 saturated carbocycles. The molecule has 1 atom stereocenters. The summed E-state index contributed by atoms with van der Waals surface area (Å²) in [4.78, 5) is 26.3. The minimum absolute atomic E-state index is 0.123. The Labute approximate surface area is 210 Å². The van der Waals surface area contributed by atoms with Crippen molar-refractivity contribution >= 4 is 12.0 Å². The van der Waals surface area contributed by atoms with E-state index < -0.39 is 5.97 Å². The fourth-order valence-electron chi connectivity index (χ4n) is 4.79. The number of rotatable bonds is 6. The van der Waals surface area contributed by atoms with Gasteiger partial charge in [-0.25, -0.2) is 9.59 Å². The van der Waals surface area contributed by atoms with Gasteiger partial charge in [-0.1, -0.05) is 71.9 Å². The second-order valence-electron chi connectivity index (χ2n) is 9.16. The molecular formula is C29H28N4O3. The van der Waals surface area contributed by atoms with Gasteiger partial charge in [0.1, 0.15) is 5.69 Å². The molecule has 182 valence electrons. The van der Waals surface area contributed by atoms with Crippen molar-refractivity contribution in [3.05, 3.63) is 96.2 Å². The van der Waals surface area contributed by atoms with Crippen LogP contribution in [0.25, 0.3) is 22.4 Å². The number of aryl methyl sites for hydroxylation is 1. The summed E-state index contributed by atoms with van der Waals surface area (Å²) in [5.41, 5.74) is 4.94. The Morgan fingerprint density at radius 3 is 2.22 bits per heavy atom. The van der Waals surface area contributed by atoms with Crippen molar-refractivity contribution in [2.45, 2.75) is 38.1 Å². The molecule has 1 amide bonds. The smallest absolute Gasteiger partial charge is 0.346 e. The number of aromatic nitrogens is 3. The largest absolute Gasteiger partial charge is 0.478 e. The van der Waals surface area contributed by atoms with Crippen LogP contribution in [0.15, 0.2) is 85.1 Å². The normalized spacial score (nSPS) is 15.6. The van der Waals surface area contributed by atoms with Crippen LogP contribution in [0.4, 0.5) is 4.79 Å². The van der Waals surface area contributed by atoms with Crippen molar-refractivity contribution in [1.82, 2.24) is 19.9 Å². The number of aromatic carboxylic acids is 1. The maximum atomic E-state index is 13.3. The van der Waals surface area contributed by atoms with Gasteiger partial charge in [0.2, 0.25) is 0 Å². The van der Waals surface area contributed by atoms with E-state index in [1.807, 2.05) is 35.2 Å². The molecule has 1 aliphatic rings. The first-order valence-corrected chi connectivity index (χ1v) is 12.3. The molecule has 0 radical (unpaired) electrons. The van der Waals surface area contributed by atoms with Crippen molar-refractivity contribution in [3.8, 4) is 22.4 Å². The predicted molar refractivity (Wildman–Crippen MR) is 138 cm³/mol. The summed E-state index contributed by atoms with van der Waals surface area (Å²) in [6.45, 7) is 0.739. The first-order chi connectivity index (χ1) is 17.6. The summed E-state index contributed by atoms with van der Waals surface area (Å²) in [6.07, 6.45) is 6.73. The molecule has 36 heavy (non-hydrogen) atoms. The van der Waals surface area contributed by atoms with Crippen molar-refractivity contribution in [1.29, 1.82) is 0 Å². The Balaban J connectivity index is 1.27. The molecule has 2 heterocycles. The average molecular weight is 481 g/mol. The van der Waals surface area contributed by atoms with E-state index in [4.69, 9.17) is 5.11 Å². The van der Waals surface area contributed by atoms with Crippen LogP contribution < -0.4 is 0 Å². The van der Waals surface area contributed by atoms with Gasteiger partial charge in [-0.3, -0.25) is 0 Å². The number of carboxylic acid groups (broad SMARTS) is 1. The summed E-state index contributed by atoms with van der Waals surface area (Å²) >= 11 is 0. The predicted octanol–water partition coefficient (Wildman–Crippen LogP) is 5.77. The number of hydrogen-bond donors (Lipinski definition) is 1. The molecule has 1 N–H and O–H groups in total. The van der Waals surface area contributed by atoms with Crippen LogP contribution in [0.5, 0.6) is 0 Å². The number of amides is 1. The minimum Gasteiger partial charge on any atom is -0.478 e. The van der Waals surface area contributed by atoms with Crippen molar-refractivity contribution in [2.24, 2.45) is 0 Å². The Morgan fingerprint density at radius 1 is 0.861 bits per heavy atom. The number of nitrogens with zero attached hydrogens (tertiary/aromatic N) is 4. The molecule has 1 unspecified atom stereocenters. The summed E-state index contributed by atoms with van der Waals surface area (Å²) < 4.78 is 1.36. The first kappa shape index (κ1) is 23.5. The molecule has 1 aliphatic heterocycles. The number of carboxylic acids is 1. The maximum Gasteiger partial charge on any atom is 0.346 e. The molecule has 0 bridgehead atoms. The van der Waals surface area contributed by atoms with E-state index in [9.17, 15) is 9.59 Å². The van der Waals surface area contributed by atoms with Crippen LogP contribution in [-0.2, 0) is 6.42 Å². The fraction of sp³-hybridized carbons (Fsp3) is 0.241. The van der Waals surface area contributed by atoms with Crippen LogP contribution >= 0.6 is 0 Å². The Kier molecular flexibility index (Phi) is 6.89. The third-order valence-electron chi connectivity index (χ3n) is 6.82. The average Bonchev–Trinajstić information content (AvgIpc) is 3.43. The van der Waals surface area contributed by atoms with Gasteiger partial charge >= 0.3 is 12.0 Å². The zero-order valence-corrected chi connectivity index (χ0v) is 20.0. The van der Waals surface area contributed by atoms with E-state index in [-0.39, 0.29) is 17.6 Å². The molecule has 4 aromatic rings. The lowest BCUT2D eigenvalue weighted by Gasteiger charge is -2.35. The maximum absolute atomic E-state index is 13.3. The van der Waals surface area contributed by atoms with E-state index in [1.165, 1.54) is 10.2 Å². The molecule has 7 nitrogen and oxygen atoms in total. The van der Waals surface area contributed by atoms with Gasteiger partial charge in [0.25, 0.3) is 0 Å². The number of carbonyl (C=O) groups excluding carboxylic acids is 1. The van der Waals surface area contributed by atoms with Crippen LogP contribution in [-0.4, -0.2) is 49.6 Å². The Hall–Kier alpha value is -4.26. The topological polar surface area (TPSA) is 88.3 Å². The summed E-state index contributed by atoms with van der Waals surface area (Å²) in [5.74, 6) is -0.943. The lowest BCUT2D eigenvalue weighted by atomic mass is 9.96. The van der Waals surface area contributed by atoms with Gasteiger partial charge in [-0.15, -0.1) is 5.10 Å². The van der Waals surface area contributed by atoms with Crippen LogP contribution in [0, 0.1) is 0 Å². The fourth-order valence-corrected chi connectivity index (χ4v) is 4.79. The summed E-state index contributed by atoms with van der Waals surface area (Å²) in [7, 11) is 0.